The van der Waals surface area contributed by atoms with E-state index in [2.05, 4.69) is 11.1 Å². The van der Waals surface area contributed by atoms with E-state index < -0.39 is 6.10 Å². The van der Waals surface area contributed by atoms with Crippen LogP contribution in [0.5, 0.6) is 5.75 Å². The highest BCUT2D eigenvalue weighted by atomic mass is 16.5. The van der Waals surface area contributed by atoms with Crippen molar-refractivity contribution in [3.8, 4) is 5.75 Å². The van der Waals surface area contributed by atoms with E-state index in [4.69, 9.17) is 4.74 Å². The molecule has 0 aliphatic carbocycles. The van der Waals surface area contributed by atoms with Gasteiger partial charge in [-0.1, -0.05) is 36.4 Å². The summed E-state index contributed by atoms with van der Waals surface area (Å²) >= 11 is 0. The molecule has 3 nitrogen and oxygen atoms in total. The molecule has 1 unspecified atom stereocenters. The lowest BCUT2D eigenvalue weighted by Crippen LogP contribution is -2.02. The quantitative estimate of drug-likeness (QED) is 0.790. The second-order valence-electron chi connectivity index (χ2n) is 4.63. The summed E-state index contributed by atoms with van der Waals surface area (Å²) in [6.45, 7) is 0. The molecule has 0 spiro atoms. The summed E-state index contributed by atoms with van der Waals surface area (Å²) in [4.78, 5) is 4.01. The summed E-state index contributed by atoms with van der Waals surface area (Å²) < 4.78 is 5.25. The largest absolute Gasteiger partial charge is 0.495 e. The van der Waals surface area contributed by atoms with Gasteiger partial charge in [0.05, 0.1) is 13.3 Å². The van der Waals surface area contributed by atoms with Gasteiger partial charge in [-0.25, -0.2) is 0 Å². The Balaban J connectivity index is 2.05. The van der Waals surface area contributed by atoms with E-state index >= 15 is 0 Å². The maximum atomic E-state index is 10.6. The van der Waals surface area contributed by atoms with Gasteiger partial charge in [0, 0.05) is 11.8 Å². The number of benzene rings is 2. The molecule has 1 heterocycles. The van der Waals surface area contributed by atoms with Crippen LogP contribution in [0.1, 0.15) is 17.2 Å². The van der Waals surface area contributed by atoms with Gasteiger partial charge < -0.3 is 9.84 Å². The Bertz CT molecular complexity index is 740. The Kier molecular flexibility index (Phi) is 3.35. The molecular formula is C17H15NO2. The van der Waals surface area contributed by atoms with Crippen LogP contribution in [0.4, 0.5) is 0 Å². The van der Waals surface area contributed by atoms with Crippen LogP contribution in [0.15, 0.2) is 60.9 Å². The molecule has 20 heavy (non-hydrogen) atoms. The Labute approximate surface area is 117 Å². The zero-order valence-electron chi connectivity index (χ0n) is 11.2. The number of rotatable bonds is 3. The minimum Gasteiger partial charge on any atom is -0.495 e. The van der Waals surface area contributed by atoms with Crippen molar-refractivity contribution >= 4 is 10.8 Å². The van der Waals surface area contributed by atoms with Crippen molar-refractivity contribution in [3.05, 3.63) is 72.1 Å². The topological polar surface area (TPSA) is 42.4 Å². The fourth-order valence-corrected chi connectivity index (χ4v) is 2.34. The third kappa shape index (κ3) is 2.24. The van der Waals surface area contributed by atoms with Gasteiger partial charge in [0.2, 0.25) is 0 Å². The summed E-state index contributed by atoms with van der Waals surface area (Å²) in [6, 6.07) is 15.8. The third-order valence-electron chi connectivity index (χ3n) is 3.42. The Morgan fingerprint density at radius 2 is 1.85 bits per heavy atom. The molecule has 0 saturated heterocycles. The summed E-state index contributed by atoms with van der Waals surface area (Å²) in [5, 5.41) is 12.8. The lowest BCUT2D eigenvalue weighted by molar-refractivity contribution is 0.214. The van der Waals surface area contributed by atoms with Crippen LogP contribution in [-0.2, 0) is 0 Å². The molecule has 1 atom stereocenters. The van der Waals surface area contributed by atoms with E-state index in [1.165, 1.54) is 0 Å². The number of fused-ring (bicyclic) bond motifs is 1. The average Bonchev–Trinajstić information content (AvgIpc) is 2.53. The number of aromatic nitrogens is 1. The molecule has 3 heteroatoms. The van der Waals surface area contributed by atoms with Crippen molar-refractivity contribution in [1.82, 2.24) is 4.98 Å². The smallest absolute Gasteiger partial charge is 0.143 e. The van der Waals surface area contributed by atoms with E-state index in [0.717, 1.165) is 21.9 Å². The average molecular weight is 265 g/mol. The normalized spacial score (nSPS) is 12.3. The van der Waals surface area contributed by atoms with E-state index in [1.807, 2.05) is 36.4 Å². The Morgan fingerprint density at radius 1 is 1.05 bits per heavy atom. The zero-order chi connectivity index (χ0) is 13.9. The molecule has 0 saturated carbocycles. The lowest BCUT2D eigenvalue weighted by atomic mass is 9.99. The molecule has 1 aromatic heterocycles. The van der Waals surface area contributed by atoms with E-state index in [1.54, 1.807) is 25.6 Å². The molecule has 2 aromatic carbocycles. The van der Waals surface area contributed by atoms with Gasteiger partial charge in [0.25, 0.3) is 0 Å². The number of hydrogen-bond acceptors (Lipinski definition) is 3. The van der Waals surface area contributed by atoms with Crippen molar-refractivity contribution in [2.75, 3.05) is 7.11 Å². The summed E-state index contributed by atoms with van der Waals surface area (Å²) in [5.41, 5.74) is 1.56. The van der Waals surface area contributed by atoms with Crippen LogP contribution in [0.25, 0.3) is 10.8 Å². The van der Waals surface area contributed by atoms with Gasteiger partial charge in [0.1, 0.15) is 11.9 Å². The van der Waals surface area contributed by atoms with Gasteiger partial charge >= 0.3 is 0 Å². The van der Waals surface area contributed by atoms with Crippen LogP contribution in [0, 0.1) is 0 Å². The number of methoxy groups -OCH3 is 1. The molecule has 3 rings (SSSR count). The van der Waals surface area contributed by atoms with Gasteiger partial charge in [-0.15, -0.1) is 0 Å². The molecule has 0 radical (unpaired) electrons. The van der Waals surface area contributed by atoms with Crippen molar-refractivity contribution in [2.24, 2.45) is 0 Å². The van der Waals surface area contributed by atoms with Crippen molar-refractivity contribution < 1.29 is 9.84 Å². The number of nitrogens with zero attached hydrogens (tertiary/aromatic N) is 1. The first kappa shape index (κ1) is 12.6. The number of aliphatic hydroxyl groups is 1. The molecule has 0 fully saturated rings. The first-order valence-corrected chi connectivity index (χ1v) is 6.44. The summed E-state index contributed by atoms with van der Waals surface area (Å²) in [6.07, 6.45) is 2.54. The van der Waals surface area contributed by atoms with Crippen LogP contribution in [0.3, 0.4) is 0 Å². The predicted octanol–water partition coefficient (Wildman–Crippen LogP) is 3.33. The molecule has 0 aliphatic rings. The molecule has 0 amide bonds. The second-order valence-corrected chi connectivity index (χ2v) is 4.63. The van der Waals surface area contributed by atoms with E-state index in [9.17, 15) is 5.11 Å². The van der Waals surface area contributed by atoms with Crippen LogP contribution in [0.2, 0.25) is 0 Å². The standard InChI is InChI=1S/C17H15NO2/c1-20-16-11-18-9-8-15(16)17(19)14-7-6-12-4-2-3-5-13(12)10-14/h2-11,17,19H,1H3. The number of hydrogen-bond donors (Lipinski definition) is 1. The fraction of sp³-hybridized carbons (Fsp3) is 0.118. The minimum absolute atomic E-state index is 0.591. The maximum absolute atomic E-state index is 10.6. The van der Waals surface area contributed by atoms with Crippen molar-refractivity contribution in [2.45, 2.75) is 6.10 Å². The number of aliphatic hydroxyl groups excluding tert-OH is 1. The van der Waals surface area contributed by atoms with Crippen molar-refractivity contribution in [1.29, 1.82) is 0 Å². The maximum Gasteiger partial charge on any atom is 0.143 e. The molecule has 3 aromatic rings. The Morgan fingerprint density at radius 3 is 2.65 bits per heavy atom. The highest BCUT2D eigenvalue weighted by Gasteiger charge is 2.15. The molecular weight excluding hydrogens is 250 g/mol. The highest BCUT2D eigenvalue weighted by Crippen LogP contribution is 2.30. The lowest BCUT2D eigenvalue weighted by Gasteiger charge is -2.15. The first-order valence-electron chi connectivity index (χ1n) is 6.44. The van der Waals surface area contributed by atoms with E-state index in [0.29, 0.717) is 5.75 Å². The van der Waals surface area contributed by atoms with Gasteiger partial charge in [-0.2, -0.15) is 0 Å². The number of ether oxygens (including phenoxy) is 1. The van der Waals surface area contributed by atoms with Crippen molar-refractivity contribution in [3.63, 3.8) is 0 Å². The fourth-order valence-electron chi connectivity index (χ4n) is 2.34. The molecule has 0 aliphatic heterocycles. The minimum atomic E-state index is -0.724. The molecule has 0 bridgehead atoms. The van der Waals surface area contributed by atoms with Gasteiger partial charge in [0.15, 0.2) is 0 Å². The van der Waals surface area contributed by atoms with Crippen LogP contribution in [-0.4, -0.2) is 17.2 Å². The Hall–Kier alpha value is -2.39. The molecule has 100 valence electrons. The van der Waals surface area contributed by atoms with Crippen LogP contribution >= 0.6 is 0 Å². The number of pyridine rings is 1. The second kappa shape index (κ2) is 5.31. The summed E-state index contributed by atoms with van der Waals surface area (Å²) in [7, 11) is 1.58. The predicted molar refractivity (Wildman–Crippen MR) is 78.8 cm³/mol. The van der Waals surface area contributed by atoms with Crippen LogP contribution < -0.4 is 4.74 Å². The molecule has 1 N–H and O–H groups in total. The summed E-state index contributed by atoms with van der Waals surface area (Å²) in [5.74, 6) is 0.591. The van der Waals surface area contributed by atoms with E-state index in [-0.39, 0.29) is 0 Å². The van der Waals surface area contributed by atoms with Gasteiger partial charge in [-0.05, 0) is 28.5 Å². The highest BCUT2D eigenvalue weighted by molar-refractivity contribution is 5.83. The third-order valence-corrected chi connectivity index (χ3v) is 3.42. The SMILES string of the molecule is COc1cnccc1C(O)c1ccc2ccccc2c1. The zero-order valence-corrected chi connectivity index (χ0v) is 11.2. The van der Waals surface area contributed by atoms with Gasteiger partial charge in [-0.3, -0.25) is 4.98 Å². The first-order chi connectivity index (χ1) is 9.79. The monoisotopic (exact) mass is 265 g/mol.